The Kier molecular flexibility index (Phi) is 3.37. The third-order valence-corrected chi connectivity index (χ3v) is 3.32. The van der Waals surface area contributed by atoms with Gasteiger partial charge in [-0.3, -0.25) is 4.79 Å². The smallest absolute Gasteiger partial charge is 0.308 e. The van der Waals surface area contributed by atoms with Crippen LogP contribution in [0.2, 0.25) is 0 Å². The van der Waals surface area contributed by atoms with Gasteiger partial charge in [0.05, 0.1) is 11.5 Å². The van der Waals surface area contributed by atoms with Crippen LogP contribution in [-0.4, -0.2) is 33.4 Å². The van der Waals surface area contributed by atoms with Crippen molar-refractivity contribution in [2.75, 3.05) is 0 Å². The summed E-state index contributed by atoms with van der Waals surface area (Å²) in [7, 11) is 0. The molecule has 1 aliphatic rings. The van der Waals surface area contributed by atoms with Crippen molar-refractivity contribution in [1.29, 1.82) is 0 Å². The van der Waals surface area contributed by atoms with Crippen molar-refractivity contribution in [3.8, 4) is 0 Å². The largest absolute Gasteiger partial charge is 0.460 e. The van der Waals surface area contributed by atoms with E-state index < -0.39 is 5.54 Å². The molecule has 0 aliphatic carbocycles. The fourth-order valence-electron chi connectivity index (χ4n) is 2.17. The first-order valence-electron chi connectivity index (χ1n) is 5.79. The summed E-state index contributed by atoms with van der Waals surface area (Å²) in [6, 6.07) is 0. The molecule has 94 valence electrons. The molecule has 1 N–H and O–H groups in total. The Bertz CT molecular complexity index is 284. The van der Waals surface area contributed by atoms with Gasteiger partial charge in [0.15, 0.2) is 0 Å². The topological polar surface area (TPSA) is 49.8 Å². The fraction of sp³-hybridized carbons (Fsp3) is 0.917. The van der Waals surface area contributed by atoms with Crippen molar-refractivity contribution >= 4 is 5.97 Å². The second kappa shape index (κ2) is 4.00. The van der Waals surface area contributed by atoms with Crippen molar-refractivity contribution in [3.05, 3.63) is 0 Å². The maximum absolute atomic E-state index is 11.6. The number of hydroxylamine groups is 2. The highest BCUT2D eigenvalue weighted by molar-refractivity contribution is 5.71. The van der Waals surface area contributed by atoms with E-state index in [-0.39, 0.29) is 23.5 Å². The molecule has 0 aromatic heterocycles. The summed E-state index contributed by atoms with van der Waals surface area (Å²) in [6.45, 7) is 11.3. The Morgan fingerprint density at radius 2 is 1.88 bits per heavy atom. The van der Waals surface area contributed by atoms with E-state index in [9.17, 15) is 10.0 Å². The maximum atomic E-state index is 11.6. The zero-order chi connectivity index (χ0) is 12.7. The lowest BCUT2D eigenvalue weighted by Crippen LogP contribution is -2.49. The lowest BCUT2D eigenvalue weighted by atomic mass is 9.97. The van der Waals surface area contributed by atoms with Gasteiger partial charge in [-0.05, 0) is 27.7 Å². The molecule has 1 aliphatic heterocycles. The summed E-state index contributed by atoms with van der Waals surface area (Å²) in [6.07, 6.45) is 0.386. The van der Waals surface area contributed by atoms with E-state index in [1.54, 1.807) is 0 Å². The van der Waals surface area contributed by atoms with Gasteiger partial charge in [-0.15, -0.1) is 0 Å². The Labute approximate surface area is 97.5 Å². The fourth-order valence-corrected chi connectivity index (χ4v) is 2.17. The summed E-state index contributed by atoms with van der Waals surface area (Å²) in [4.78, 5) is 11.6. The Hall–Kier alpha value is -0.610. The van der Waals surface area contributed by atoms with Crippen molar-refractivity contribution in [3.63, 3.8) is 0 Å². The Balaban J connectivity index is 2.80. The summed E-state index contributed by atoms with van der Waals surface area (Å²) < 4.78 is 5.45. The first-order chi connectivity index (χ1) is 7.09. The molecule has 0 amide bonds. The molecule has 1 unspecified atom stereocenters. The standard InChI is InChI=1S/C12H23NO3/c1-8(2)10(14)16-9-7-11(3,4)13(15)12(9,5)6/h8-9,15H,7H2,1-6H3. The molecule has 0 aromatic carbocycles. The first kappa shape index (κ1) is 13.5. The predicted molar refractivity (Wildman–Crippen MR) is 61.1 cm³/mol. The van der Waals surface area contributed by atoms with E-state index in [1.807, 2.05) is 41.5 Å². The minimum absolute atomic E-state index is 0.133. The highest BCUT2D eigenvalue weighted by Crippen LogP contribution is 2.40. The van der Waals surface area contributed by atoms with Gasteiger partial charge in [0.2, 0.25) is 0 Å². The van der Waals surface area contributed by atoms with E-state index >= 15 is 0 Å². The molecule has 0 aromatic rings. The van der Waals surface area contributed by atoms with Gasteiger partial charge in [-0.25, -0.2) is 0 Å². The van der Waals surface area contributed by atoms with Gasteiger partial charge in [-0.2, -0.15) is 5.06 Å². The molecule has 1 rings (SSSR count). The second-order valence-electron chi connectivity index (χ2n) is 6.06. The highest BCUT2D eigenvalue weighted by atomic mass is 16.6. The van der Waals surface area contributed by atoms with Gasteiger partial charge in [0, 0.05) is 12.0 Å². The van der Waals surface area contributed by atoms with Crippen LogP contribution < -0.4 is 0 Å². The second-order valence-corrected chi connectivity index (χ2v) is 6.06. The van der Waals surface area contributed by atoms with Crippen LogP contribution in [0.5, 0.6) is 0 Å². The molecule has 4 heteroatoms. The molecule has 0 saturated carbocycles. The summed E-state index contributed by atoms with van der Waals surface area (Å²) in [5.41, 5.74) is -0.889. The molecule has 1 fully saturated rings. The van der Waals surface area contributed by atoms with E-state index in [4.69, 9.17) is 4.74 Å². The average molecular weight is 229 g/mol. The molecular formula is C12H23NO3. The predicted octanol–water partition coefficient (Wildman–Crippen LogP) is 2.21. The van der Waals surface area contributed by atoms with Crippen LogP contribution in [0.1, 0.15) is 48.0 Å². The van der Waals surface area contributed by atoms with Crippen molar-refractivity contribution in [2.24, 2.45) is 5.92 Å². The third kappa shape index (κ3) is 2.23. The van der Waals surface area contributed by atoms with Gasteiger partial charge in [-0.1, -0.05) is 13.8 Å². The number of carbonyl (C=O) groups excluding carboxylic acids is 1. The number of esters is 1. The van der Waals surface area contributed by atoms with E-state index in [2.05, 4.69) is 0 Å². The first-order valence-corrected chi connectivity index (χ1v) is 5.79. The van der Waals surface area contributed by atoms with Crippen molar-refractivity contribution < 1.29 is 14.7 Å². The molecule has 16 heavy (non-hydrogen) atoms. The quantitative estimate of drug-likeness (QED) is 0.737. The summed E-state index contributed by atoms with van der Waals surface area (Å²) in [5.74, 6) is -0.337. The highest BCUT2D eigenvalue weighted by Gasteiger charge is 2.53. The Morgan fingerprint density at radius 1 is 1.38 bits per heavy atom. The molecule has 0 spiro atoms. The zero-order valence-corrected chi connectivity index (χ0v) is 11.1. The van der Waals surface area contributed by atoms with Crippen LogP contribution in [0.3, 0.4) is 0 Å². The minimum atomic E-state index is -0.534. The zero-order valence-electron chi connectivity index (χ0n) is 11.1. The van der Waals surface area contributed by atoms with E-state index in [0.717, 1.165) is 0 Å². The van der Waals surface area contributed by atoms with E-state index in [1.165, 1.54) is 5.06 Å². The van der Waals surface area contributed by atoms with Crippen LogP contribution in [0.4, 0.5) is 0 Å². The number of ether oxygens (including phenoxy) is 1. The van der Waals surface area contributed by atoms with Gasteiger partial charge in [0.1, 0.15) is 6.10 Å². The summed E-state index contributed by atoms with van der Waals surface area (Å²) >= 11 is 0. The molecule has 1 saturated heterocycles. The van der Waals surface area contributed by atoms with Crippen LogP contribution in [0.15, 0.2) is 0 Å². The summed E-state index contributed by atoms with van der Waals surface area (Å²) in [5, 5.41) is 11.4. The van der Waals surface area contributed by atoms with Crippen LogP contribution in [-0.2, 0) is 9.53 Å². The van der Waals surface area contributed by atoms with Crippen molar-refractivity contribution in [1.82, 2.24) is 5.06 Å². The van der Waals surface area contributed by atoms with Crippen molar-refractivity contribution in [2.45, 2.75) is 65.1 Å². The van der Waals surface area contributed by atoms with Gasteiger partial charge < -0.3 is 9.94 Å². The average Bonchev–Trinajstić information content (AvgIpc) is 2.27. The molecular weight excluding hydrogens is 206 g/mol. The maximum Gasteiger partial charge on any atom is 0.308 e. The molecule has 1 atom stereocenters. The van der Waals surface area contributed by atoms with Gasteiger partial charge >= 0.3 is 5.97 Å². The monoisotopic (exact) mass is 229 g/mol. The SMILES string of the molecule is CC(C)C(=O)OC1CC(C)(C)N(O)C1(C)C. The lowest BCUT2D eigenvalue weighted by Gasteiger charge is -2.35. The molecule has 0 radical (unpaired) electrons. The molecule has 4 nitrogen and oxygen atoms in total. The number of nitrogens with zero attached hydrogens (tertiary/aromatic N) is 1. The normalized spacial score (nSPS) is 28.4. The Morgan fingerprint density at radius 3 is 2.19 bits per heavy atom. The molecule has 1 heterocycles. The van der Waals surface area contributed by atoms with E-state index in [0.29, 0.717) is 6.42 Å². The van der Waals surface area contributed by atoms with Crippen LogP contribution >= 0.6 is 0 Å². The number of hydrogen-bond acceptors (Lipinski definition) is 4. The lowest BCUT2D eigenvalue weighted by molar-refractivity contribution is -0.206. The van der Waals surface area contributed by atoms with Crippen LogP contribution in [0.25, 0.3) is 0 Å². The number of hydrogen-bond donors (Lipinski definition) is 1. The van der Waals surface area contributed by atoms with Crippen LogP contribution in [0, 0.1) is 5.92 Å². The third-order valence-electron chi connectivity index (χ3n) is 3.32. The minimum Gasteiger partial charge on any atom is -0.460 e. The molecule has 0 bridgehead atoms. The number of rotatable bonds is 2. The number of carbonyl (C=O) groups is 1. The van der Waals surface area contributed by atoms with Gasteiger partial charge in [0.25, 0.3) is 0 Å².